The summed E-state index contributed by atoms with van der Waals surface area (Å²) in [5.41, 5.74) is 1.13. The number of fused-ring (bicyclic) bond motifs is 1. The van der Waals surface area contributed by atoms with E-state index in [2.05, 4.69) is 9.88 Å². The molecule has 1 N–H and O–H groups in total. The van der Waals surface area contributed by atoms with Gasteiger partial charge < -0.3 is 14.7 Å². The zero-order valence-electron chi connectivity index (χ0n) is 21.1. The Morgan fingerprint density at radius 3 is 2.59 bits per heavy atom. The van der Waals surface area contributed by atoms with Crippen LogP contribution < -0.4 is 4.74 Å². The lowest BCUT2D eigenvalue weighted by Gasteiger charge is -2.39. The van der Waals surface area contributed by atoms with Gasteiger partial charge in [0.1, 0.15) is 17.7 Å². The number of aryl methyl sites for hydroxylation is 1. The number of aromatic nitrogens is 1. The van der Waals surface area contributed by atoms with Gasteiger partial charge in [-0.1, -0.05) is 23.7 Å². The number of halogens is 3. The Bertz CT molecular complexity index is 1210. The molecule has 4 rings (SSSR count). The summed E-state index contributed by atoms with van der Waals surface area (Å²) in [6, 6.07) is 11.8. The van der Waals surface area contributed by atoms with Crippen LogP contribution in [0, 0.1) is 11.2 Å². The molecule has 0 radical (unpaired) electrons. The molecule has 3 aromatic rings. The molecule has 0 saturated carbocycles. The minimum atomic E-state index is -1.41. The third-order valence-electron chi connectivity index (χ3n) is 7.63. The third-order valence-corrected chi connectivity index (χ3v) is 7.93. The number of carboxylic acid groups (broad SMARTS) is 1. The first-order chi connectivity index (χ1) is 17.8. The summed E-state index contributed by atoms with van der Waals surface area (Å²) in [7, 11) is 1.54. The first kappa shape index (κ1) is 27.3. The van der Waals surface area contributed by atoms with Crippen LogP contribution in [0.1, 0.15) is 55.8 Å². The van der Waals surface area contributed by atoms with Gasteiger partial charge in [-0.25, -0.2) is 8.78 Å². The number of piperidine rings is 1. The predicted molar refractivity (Wildman–Crippen MR) is 141 cm³/mol. The molecule has 2 aromatic carbocycles. The number of benzene rings is 2. The topological polar surface area (TPSA) is 62.7 Å². The van der Waals surface area contributed by atoms with Gasteiger partial charge in [0.05, 0.1) is 23.1 Å². The van der Waals surface area contributed by atoms with Crippen LogP contribution in [0.2, 0.25) is 5.02 Å². The minimum Gasteiger partial charge on any atom is -0.497 e. The van der Waals surface area contributed by atoms with Crippen molar-refractivity contribution in [1.29, 1.82) is 0 Å². The molecule has 1 aromatic heterocycles. The molecule has 0 aliphatic carbocycles. The number of ether oxygens (including phenoxy) is 1. The largest absolute Gasteiger partial charge is 0.497 e. The molecule has 1 atom stereocenters. The number of carbonyl (C=O) groups is 1. The van der Waals surface area contributed by atoms with Gasteiger partial charge in [-0.05, 0) is 100 Å². The van der Waals surface area contributed by atoms with Crippen molar-refractivity contribution in [2.24, 2.45) is 5.41 Å². The van der Waals surface area contributed by atoms with E-state index in [1.54, 1.807) is 25.3 Å². The first-order valence-electron chi connectivity index (χ1n) is 12.8. The lowest BCUT2D eigenvalue weighted by Crippen LogP contribution is -2.44. The zero-order valence-corrected chi connectivity index (χ0v) is 21.8. The van der Waals surface area contributed by atoms with Crippen molar-refractivity contribution >= 4 is 28.5 Å². The fourth-order valence-corrected chi connectivity index (χ4v) is 5.52. The van der Waals surface area contributed by atoms with Gasteiger partial charge in [0.2, 0.25) is 0 Å². The number of hydrogen-bond donors (Lipinski definition) is 1. The van der Waals surface area contributed by atoms with Gasteiger partial charge in [0.15, 0.2) is 0 Å². The zero-order chi connectivity index (χ0) is 26.4. The Morgan fingerprint density at radius 1 is 1.19 bits per heavy atom. The molecule has 1 unspecified atom stereocenters. The van der Waals surface area contributed by atoms with Gasteiger partial charge in [0, 0.05) is 17.1 Å². The minimum absolute atomic E-state index is 0.0695. The SMILES string of the molecule is COc1ccc2ncc(Cl)c(C(F)CCC3(C(=O)O)CCN(CCCCc4ccc(F)cc4)CC3)c2c1. The van der Waals surface area contributed by atoms with Crippen LogP contribution in [0.3, 0.4) is 0 Å². The molecule has 0 amide bonds. The third kappa shape index (κ3) is 6.57. The van der Waals surface area contributed by atoms with Crippen molar-refractivity contribution in [3.05, 3.63) is 70.6 Å². The van der Waals surface area contributed by atoms with E-state index in [9.17, 15) is 14.3 Å². The van der Waals surface area contributed by atoms with E-state index in [4.69, 9.17) is 16.3 Å². The van der Waals surface area contributed by atoms with Crippen LogP contribution in [0.5, 0.6) is 5.75 Å². The van der Waals surface area contributed by atoms with Crippen LogP contribution >= 0.6 is 11.6 Å². The summed E-state index contributed by atoms with van der Waals surface area (Å²) in [5, 5.41) is 10.9. The highest BCUT2D eigenvalue weighted by atomic mass is 35.5. The van der Waals surface area contributed by atoms with Gasteiger partial charge in [-0.15, -0.1) is 0 Å². The van der Waals surface area contributed by atoms with Crippen molar-refractivity contribution in [3.8, 4) is 5.75 Å². The molecule has 2 heterocycles. The van der Waals surface area contributed by atoms with Crippen LogP contribution in [0.25, 0.3) is 10.9 Å². The molecule has 1 aliphatic heterocycles. The van der Waals surface area contributed by atoms with Crippen molar-refractivity contribution in [2.45, 2.75) is 51.1 Å². The fraction of sp³-hybridized carbons (Fsp3) is 0.448. The predicted octanol–water partition coefficient (Wildman–Crippen LogP) is 7.02. The highest BCUT2D eigenvalue weighted by molar-refractivity contribution is 6.32. The Kier molecular flexibility index (Phi) is 8.98. The average Bonchev–Trinajstić information content (AvgIpc) is 2.91. The number of methoxy groups -OCH3 is 1. The summed E-state index contributed by atoms with van der Waals surface area (Å²) < 4.78 is 33.9. The van der Waals surface area contributed by atoms with Gasteiger partial charge in [-0.3, -0.25) is 9.78 Å². The molecular formula is C29H33ClF2N2O3. The number of pyridine rings is 1. The van der Waals surface area contributed by atoms with E-state index in [0.717, 1.165) is 31.4 Å². The van der Waals surface area contributed by atoms with Crippen molar-refractivity contribution in [3.63, 3.8) is 0 Å². The number of carboxylic acids is 1. The van der Waals surface area contributed by atoms with E-state index in [-0.39, 0.29) is 23.7 Å². The summed E-state index contributed by atoms with van der Waals surface area (Å²) in [6.45, 7) is 2.25. The smallest absolute Gasteiger partial charge is 0.309 e. The Hall–Kier alpha value is -2.77. The molecule has 1 saturated heterocycles. The first-order valence-corrected chi connectivity index (χ1v) is 13.2. The van der Waals surface area contributed by atoms with Gasteiger partial charge in [0.25, 0.3) is 0 Å². The van der Waals surface area contributed by atoms with Crippen molar-refractivity contribution < 1.29 is 23.4 Å². The highest BCUT2D eigenvalue weighted by Crippen LogP contribution is 2.42. The molecule has 8 heteroatoms. The van der Waals surface area contributed by atoms with Crippen LogP contribution in [-0.2, 0) is 11.2 Å². The van der Waals surface area contributed by atoms with E-state index < -0.39 is 17.6 Å². The van der Waals surface area contributed by atoms with Crippen molar-refractivity contribution in [2.75, 3.05) is 26.7 Å². The molecule has 37 heavy (non-hydrogen) atoms. The number of rotatable bonds is 11. The normalized spacial score (nSPS) is 16.5. The number of alkyl halides is 1. The van der Waals surface area contributed by atoms with Gasteiger partial charge in [-0.2, -0.15) is 0 Å². The number of nitrogens with zero attached hydrogens (tertiary/aromatic N) is 2. The molecule has 198 valence electrons. The second-order valence-corrected chi connectivity index (χ2v) is 10.3. The van der Waals surface area contributed by atoms with E-state index in [1.807, 2.05) is 12.1 Å². The highest BCUT2D eigenvalue weighted by Gasteiger charge is 2.41. The van der Waals surface area contributed by atoms with Gasteiger partial charge >= 0.3 is 5.97 Å². The molecule has 1 aliphatic rings. The monoisotopic (exact) mass is 530 g/mol. The van der Waals surface area contributed by atoms with E-state index in [1.165, 1.54) is 18.3 Å². The molecule has 0 spiro atoms. The maximum Gasteiger partial charge on any atom is 0.309 e. The lowest BCUT2D eigenvalue weighted by molar-refractivity contribution is -0.153. The molecule has 0 bridgehead atoms. The number of hydrogen-bond acceptors (Lipinski definition) is 4. The lowest BCUT2D eigenvalue weighted by atomic mass is 9.74. The molecule has 1 fully saturated rings. The Labute approximate surface area is 221 Å². The number of aliphatic carboxylic acids is 1. The maximum atomic E-state index is 15.6. The quantitative estimate of drug-likeness (QED) is 0.270. The molecular weight excluding hydrogens is 498 g/mol. The summed E-state index contributed by atoms with van der Waals surface area (Å²) in [6.07, 6.45) is 4.19. The van der Waals surface area contributed by atoms with E-state index in [0.29, 0.717) is 48.1 Å². The van der Waals surface area contributed by atoms with E-state index >= 15 is 4.39 Å². The Morgan fingerprint density at radius 2 is 1.92 bits per heavy atom. The Balaban J connectivity index is 1.32. The summed E-state index contributed by atoms with van der Waals surface area (Å²) in [5.74, 6) is -0.504. The molecule has 5 nitrogen and oxygen atoms in total. The second-order valence-electron chi connectivity index (χ2n) is 9.92. The number of unbranched alkanes of at least 4 members (excludes halogenated alkanes) is 1. The summed E-state index contributed by atoms with van der Waals surface area (Å²) >= 11 is 6.35. The number of likely N-dealkylation sites (tertiary alicyclic amines) is 1. The van der Waals surface area contributed by atoms with Crippen LogP contribution in [-0.4, -0.2) is 47.7 Å². The average molecular weight is 531 g/mol. The van der Waals surface area contributed by atoms with Crippen LogP contribution in [0.4, 0.5) is 8.78 Å². The summed E-state index contributed by atoms with van der Waals surface area (Å²) in [4.78, 5) is 18.9. The van der Waals surface area contributed by atoms with Crippen molar-refractivity contribution in [1.82, 2.24) is 9.88 Å². The second kappa shape index (κ2) is 12.2. The fourth-order valence-electron chi connectivity index (χ4n) is 5.25. The van der Waals surface area contributed by atoms with Crippen LogP contribution in [0.15, 0.2) is 48.7 Å². The maximum absolute atomic E-state index is 15.6. The standard InChI is InChI=1S/C29H33ClF2N2O3/c1-37-22-9-10-26-23(18-22)27(24(30)19-33-26)25(32)11-12-29(28(35)36)13-16-34(17-14-29)15-3-2-4-20-5-7-21(31)8-6-20/h5-10,18-19,25H,2-4,11-17H2,1H3,(H,35,36).